The number of methoxy groups -OCH3 is 1. The number of aliphatic hydroxyl groups excluding tert-OH is 1. The van der Waals surface area contributed by atoms with Gasteiger partial charge < -0.3 is 9.84 Å². The van der Waals surface area contributed by atoms with Crippen molar-refractivity contribution in [1.82, 2.24) is 0 Å². The molecule has 0 amide bonds. The van der Waals surface area contributed by atoms with Gasteiger partial charge in [0.15, 0.2) is 11.5 Å². The Labute approximate surface area is 147 Å². The third-order valence-electron chi connectivity index (χ3n) is 8.00. The van der Waals surface area contributed by atoms with Crippen LogP contribution in [0.4, 0.5) is 0 Å². The van der Waals surface area contributed by atoms with E-state index in [9.17, 15) is 5.11 Å². The van der Waals surface area contributed by atoms with Crippen molar-refractivity contribution in [1.29, 1.82) is 0 Å². The average molecular weight is 331 g/mol. The maximum Gasteiger partial charge on any atom is 0.163 e. The number of rotatable bonds is 2. The highest BCUT2D eigenvalue weighted by Crippen LogP contribution is 2.70. The van der Waals surface area contributed by atoms with Crippen molar-refractivity contribution in [2.45, 2.75) is 66.2 Å². The zero-order chi connectivity index (χ0) is 17.9. The zero-order valence-electron chi connectivity index (χ0n) is 16.2. The summed E-state index contributed by atoms with van der Waals surface area (Å²) in [5.74, 6) is 1.93. The molecular formula is C22H34O2. The van der Waals surface area contributed by atoms with Gasteiger partial charge in [-0.05, 0) is 65.8 Å². The van der Waals surface area contributed by atoms with Crippen LogP contribution in [-0.4, -0.2) is 12.2 Å². The molecule has 3 rings (SSSR count). The van der Waals surface area contributed by atoms with Crippen molar-refractivity contribution in [3.8, 4) is 0 Å². The van der Waals surface area contributed by atoms with Gasteiger partial charge in [-0.2, -0.15) is 0 Å². The molecular weight excluding hydrogens is 296 g/mol. The Hall–Kier alpha value is -1.18. The summed E-state index contributed by atoms with van der Waals surface area (Å²) in [7, 11) is 1.62. The molecule has 0 aromatic carbocycles. The first-order valence-electron chi connectivity index (χ1n) is 9.43. The highest BCUT2D eigenvalue weighted by Gasteiger charge is 2.61. The van der Waals surface area contributed by atoms with Crippen LogP contribution in [0.3, 0.4) is 0 Å². The lowest BCUT2D eigenvalue weighted by Crippen LogP contribution is -2.53. The Morgan fingerprint density at radius 3 is 2.38 bits per heavy atom. The number of aliphatic hydroxyl groups is 1. The molecule has 3 aliphatic carbocycles. The lowest BCUT2D eigenvalue weighted by Gasteiger charge is -2.61. The van der Waals surface area contributed by atoms with Crippen molar-refractivity contribution < 1.29 is 9.84 Å². The minimum absolute atomic E-state index is 0.0292. The summed E-state index contributed by atoms with van der Waals surface area (Å²) >= 11 is 0. The minimum Gasteiger partial charge on any atom is -0.505 e. The lowest BCUT2D eigenvalue weighted by atomic mass is 9.44. The smallest absolute Gasteiger partial charge is 0.163 e. The highest BCUT2D eigenvalue weighted by molar-refractivity contribution is 5.47. The molecule has 0 spiro atoms. The van der Waals surface area contributed by atoms with E-state index in [4.69, 9.17) is 4.74 Å². The number of fused-ring (bicyclic) bond motifs is 3. The van der Waals surface area contributed by atoms with Crippen molar-refractivity contribution in [2.24, 2.45) is 28.1 Å². The number of hydrogen-bond acceptors (Lipinski definition) is 2. The topological polar surface area (TPSA) is 29.5 Å². The second-order valence-electron chi connectivity index (χ2n) is 9.55. The third kappa shape index (κ3) is 2.21. The van der Waals surface area contributed by atoms with E-state index in [0.29, 0.717) is 22.5 Å². The number of hydrogen-bond donors (Lipinski definition) is 1. The summed E-state index contributed by atoms with van der Waals surface area (Å²) in [5, 5.41) is 9.97. The van der Waals surface area contributed by atoms with Gasteiger partial charge in [-0.3, -0.25) is 0 Å². The molecule has 0 aromatic rings. The van der Waals surface area contributed by atoms with Gasteiger partial charge in [0, 0.05) is 5.57 Å². The maximum absolute atomic E-state index is 9.97. The van der Waals surface area contributed by atoms with Crippen LogP contribution in [0.25, 0.3) is 0 Å². The molecule has 0 radical (unpaired) electrons. The van der Waals surface area contributed by atoms with E-state index in [2.05, 4.69) is 40.9 Å². The molecule has 0 aromatic heterocycles. The molecule has 3 aliphatic rings. The normalized spacial score (nSPS) is 43.0. The van der Waals surface area contributed by atoms with Crippen LogP contribution in [0.1, 0.15) is 66.2 Å². The molecule has 0 aliphatic heterocycles. The van der Waals surface area contributed by atoms with Gasteiger partial charge in [0.1, 0.15) is 0 Å². The van der Waals surface area contributed by atoms with E-state index in [1.807, 2.05) is 0 Å². The van der Waals surface area contributed by atoms with Crippen molar-refractivity contribution in [3.63, 3.8) is 0 Å². The maximum atomic E-state index is 9.97. The average Bonchev–Trinajstić information content (AvgIpc) is 2.73. The van der Waals surface area contributed by atoms with E-state index in [-0.39, 0.29) is 11.2 Å². The van der Waals surface area contributed by atoms with Gasteiger partial charge >= 0.3 is 0 Å². The Kier molecular flexibility index (Phi) is 3.97. The first-order chi connectivity index (χ1) is 11.1. The number of allylic oxidation sites excluding steroid dienone is 2. The lowest BCUT2D eigenvalue weighted by molar-refractivity contribution is -0.108. The Bertz CT molecular complexity index is 611. The molecule has 2 heteroatoms. The number of ether oxygens (including phenoxy) is 1. The van der Waals surface area contributed by atoms with E-state index in [0.717, 1.165) is 17.9 Å². The van der Waals surface area contributed by atoms with Gasteiger partial charge in [-0.15, -0.1) is 0 Å². The monoisotopic (exact) mass is 330 g/mol. The molecule has 24 heavy (non-hydrogen) atoms. The van der Waals surface area contributed by atoms with Crippen LogP contribution in [0.2, 0.25) is 0 Å². The molecule has 0 bridgehead atoms. The van der Waals surface area contributed by atoms with Crippen LogP contribution < -0.4 is 0 Å². The molecule has 0 heterocycles. The summed E-state index contributed by atoms with van der Waals surface area (Å²) in [4.78, 5) is 0. The molecule has 134 valence electrons. The van der Waals surface area contributed by atoms with Crippen molar-refractivity contribution in [3.05, 3.63) is 35.8 Å². The third-order valence-corrected chi connectivity index (χ3v) is 8.00. The fourth-order valence-electron chi connectivity index (χ4n) is 6.79. The first kappa shape index (κ1) is 17.6. The molecule has 2 nitrogen and oxygen atoms in total. The van der Waals surface area contributed by atoms with Gasteiger partial charge in [-0.1, -0.05) is 47.3 Å². The Balaban J connectivity index is 2.08. The first-order valence-corrected chi connectivity index (χ1v) is 9.43. The summed E-state index contributed by atoms with van der Waals surface area (Å²) in [6.45, 7) is 18.0. The molecule has 3 fully saturated rings. The summed E-state index contributed by atoms with van der Waals surface area (Å²) in [6, 6.07) is 0. The van der Waals surface area contributed by atoms with E-state index in [1.165, 1.54) is 37.7 Å². The fraction of sp³-hybridized carbons (Fsp3) is 0.727. The highest BCUT2D eigenvalue weighted by atomic mass is 16.5. The van der Waals surface area contributed by atoms with Crippen LogP contribution >= 0.6 is 0 Å². The van der Waals surface area contributed by atoms with Crippen LogP contribution in [0.5, 0.6) is 0 Å². The molecule has 0 saturated heterocycles. The second-order valence-corrected chi connectivity index (χ2v) is 9.55. The summed E-state index contributed by atoms with van der Waals surface area (Å²) in [6.07, 6.45) is 7.41. The van der Waals surface area contributed by atoms with Crippen LogP contribution in [0.15, 0.2) is 35.8 Å². The van der Waals surface area contributed by atoms with Crippen molar-refractivity contribution in [2.75, 3.05) is 7.11 Å². The van der Waals surface area contributed by atoms with Crippen molar-refractivity contribution >= 4 is 0 Å². The van der Waals surface area contributed by atoms with E-state index < -0.39 is 0 Å². The van der Waals surface area contributed by atoms with Crippen LogP contribution in [0, 0.1) is 28.1 Å². The second kappa shape index (κ2) is 5.41. The Morgan fingerprint density at radius 1 is 1.12 bits per heavy atom. The molecule has 4 atom stereocenters. The van der Waals surface area contributed by atoms with Gasteiger partial charge in [0.25, 0.3) is 0 Å². The SMILES string of the molecule is C=C(O)/C(OC)=C1/C[C@@H]2C(C)(CC[C@H]3C(C)(C)CCCC23C)C1=C. The zero-order valence-corrected chi connectivity index (χ0v) is 16.2. The predicted octanol–water partition coefficient (Wildman–Crippen LogP) is 6.17. The molecule has 1 N–H and O–H groups in total. The van der Waals surface area contributed by atoms with Crippen LogP contribution in [-0.2, 0) is 4.74 Å². The quantitative estimate of drug-likeness (QED) is 0.614. The summed E-state index contributed by atoms with van der Waals surface area (Å²) < 4.78 is 5.50. The summed E-state index contributed by atoms with van der Waals surface area (Å²) in [5.41, 5.74) is 3.15. The largest absolute Gasteiger partial charge is 0.505 e. The van der Waals surface area contributed by atoms with Gasteiger partial charge in [0.2, 0.25) is 0 Å². The standard InChI is InChI=1S/C22H34O2/c1-14-16(19(24-7)15(2)23)13-18-21(14,5)12-9-17-20(3,4)10-8-11-22(17,18)6/h17-18,23H,1-2,8-13H2,3-7H3/b19-16+/t17-,18+,21?,22?/m0/s1. The molecule has 3 saturated carbocycles. The minimum atomic E-state index is 0.0292. The fourth-order valence-corrected chi connectivity index (χ4v) is 6.79. The molecule has 2 unspecified atom stereocenters. The van der Waals surface area contributed by atoms with Gasteiger partial charge in [-0.25, -0.2) is 0 Å². The predicted molar refractivity (Wildman–Crippen MR) is 99.6 cm³/mol. The Morgan fingerprint density at radius 2 is 1.79 bits per heavy atom. The van der Waals surface area contributed by atoms with E-state index >= 15 is 0 Å². The van der Waals surface area contributed by atoms with Gasteiger partial charge in [0.05, 0.1) is 7.11 Å². The van der Waals surface area contributed by atoms with E-state index in [1.54, 1.807) is 7.11 Å².